The lowest BCUT2D eigenvalue weighted by molar-refractivity contribution is -0.147. The second kappa shape index (κ2) is 7.28. The molecular formula is C8H16N2O4. The van der Waals surface area contributed by atoms with Crippen LogP contribution in [0.2, 0.25) is 0 Å². The number of hydrogen-bond donors (Lipinski definition) is 1. The Morgan fingerprint density at radius 1 is 1.43 bits per heavy atom. The zero-order valence-electron chi connectivity index (χ0n) is 8.49. The summed E-state index contributed by atoms with van der Waals surface area (Å²) in [5, 5.41) is 0. The van der Waals surface area contributed by atoms with Crippen LogP contribution in [0, 0.1) is 0 Å². The van der Waals surface area contributed by atoms with Crippen molar-refractivity contribution in [1.82, 2.24) is 4.90 Å². The molecule has 0 aromatic carbocycles. The van der Waals surface area contributed by atoms with Gasteiger partial charge >= 0.3 is 5.97 Å². The highest BCUT2D eigenvalue weighted by Crippen LogP contribution is 1.87. The predicted molar refractivity (Wildman–Crippen MR) is 49.5 cm³/mol. The van der Waals surface area contributed by atoms with E-state index in [1.54, 1.807) is 0 Å². The quantitative estimate of drug-likeness (QED) is 0.425. The van der Waals surface area contributed by atoms with E-state index in [-0.39, 0.29) is 19.1 Å². The number of carbonyl (C=O) groups is 2. The molecule has 0 rings (SSSR count). The molecule has 0 saturated heterocycles. The first kappa shape index (κ1) is 12.9. The van der Waals surface area contributed by atoms with Crippen LogP contribution in [-0.2, 0) is 19.1 Å². The molecule has 0 aromatic heterocycles. The molecule has 14 heavy (non-hydrogen) atoms. The van der Waals surface area contributed by atoms with Crippen molar-refractivity contribution < 1.29 is 19.1 Å². The molecule has 0 fully saturated rings. The van der Waals surface area contributed by atoms with Gasteiger partial charge in [0, 0.05) is 13.6 Å². The summed E-state index contributed by atoms with van der Waals surface area (Å²) in [6.45, 7) is 0.567. The monoisotopic (exact) mass is 204 g/mol. The minimum absolute atomic E-state index is 0.0648. The average molecular weight is 204 g/mol. The topological polar surface area (TPSA) is 81.9 Å². The van der Waals surface area contributed by atoms with Crippen molar-refractivity contribution in [2.45, 2.75) is 0 Å². The third kappa shape index (κ3) is 5.50. The third-order valence-corrected chi connectivity index (χ3v) is 1.51. The number of methoxy groups -OCH3 is 1. The number of nitrogens with zero attached hydrogens (tertiary/aromatic N) is 1. The van der Waals surface area contributed by atoms with Crippen LogP contribution < -0.4 is 5.73 Å². The van der Waals surface area contributed by atoms with Crippen LogP contribution in [0.25, 0.3) is 0 Å². The smallest absolute Gasteiger partial charge is 0.325 e. The van der Waals surface area contributed by atoms with Crippen LogP contribution in [0.15, 0.2) is 0 Å². The zero-order chi connectivity index (χ0) is 11.0. The SMILES string of the molecule is COC(=O)CN(C)C(=O)COCCN. The summed E-state index contributed by atoms with van der Waals surface area (Å²) in [6.07, 6.45) is 0. The van der Waals surface area contributed by atoms with Gasteiger partial charge in [-0.1, -0.05) is 0 Å². The van der Waals surface area contributed by atoms with Gasteiger partial charge in [-0.05, 0) is 0 Å². The van der Waals surface area contributed by atoms with Crippen molar-refractivity contribution in [3.8, 4) is 0 Å². The van der Waals surface area contributed by atoms with Crippen LogP contribution >= 0.6 is 0 Å². The maximum Gasteiger partial charge on any atom is 0.325 e. The molecular weight excluding hydrogens is 188 g/mol. The van der Waals surface area contributed by atoms with E-state index in [0.29, 0.717) is 13.2 Å². The Balaban J connectivity index is 3.70. The molecule has 0 heterocycles. The lowest BCUT2D eigenvalue weighted by Crippen LogP contribution is -2.35. The summed E-state index contributed by atoms with van der Waals surface area (Å²) < 4.78 is 9.32. The van der Waals surface area contributed by atoms with E-state index in [4.69, 9.17) is 10.5 Å². The second-order valence-electron chi connectivity index (χ2n) is 2.67. The molecule has 0 spiro atoms. The first-order valence-electron chi connectivity index (χ1n) is 4.20. The van der Waals surface area contributed by atoms with E-state index in [0.717, 1.165) is 0 Å². The van der Waals surface area contributed by atoms with Gasteiger partial charge in [-0.3, -0.25) is 9.59 Å². The molecule has 0 unspecified atom stereocenters. The van der Waals surface area contributed by atoms with Crippen LogP contribution in [0.3, 0.4) is 0 Å². The van der Waals surface area contributed by atoms with Gasteiger partial charge in [0.25, 0.3) is 0 Å². The minimum atomic E-state index is -0.459. The highest BCUT2D eigenvalue weighted by Gasteiger charge is 2.12. The molecule has 0 bridgehead atoms. The number of amides is 1. The van der Waals surface area contributed by atoms with Crippen LogP contribution in [-0.4, -0.2) is 57.2 Å². The van der Waals surface area contributed by atoms with Crippen molar-refractivity contribution in [2.75, 3.05) is 40.5 Å². The van der Waals surface area contributed by atoms with Gasteiger partial charge in [-0.2, -0.15) is 0 Å². The molecule has 2 N–H and O–H groups in total. The molecule has 0 radical (unpaired) electrons. The molecule has 0 aliphatic heterocycles. The zero-order valence-corrected chi connectivity index (χ0v) is 8.49. The number of carbonyl (C=O) groups excluding carboxylic acids is 2. The summed E-state index contributed by atoms with van der Waals surface area (Å²) >= 11 is 0. The van der Waals surface area contributed by atoms with E-state index in [1.807, 2.05) is 0 Å². The van der Waals surface area contributed by atoms with E-state index in [9.17, 15) is 9.59 Å². The number of likely N-dealkylation sites (N-methyl/N-ethyl adjacent to an activating group) is 1. The summed E-state index contributed by atoms with van der Waals surface area (Å²) in [6, 6.07) is 0. The van der Waals surface area contributed by atoms with E-state index < -0.39 is 5.97 Å². The molecule has 0 aliphatic rings. The highest BCUT2D eigenvalue weighted by atomic mass is 16.5. The summed E-state index contributed by atoms with van der Waals surface area (Å²) in [4.78, 5) is 23.2. The normalized spacial score (nSPS) is 9.64. The van der Waals surface area contributed by atoms with Crippen molar-refractivity contribution >= 4 is 11.9 Å². The van der Waals surface area contributed by atoms with Crippen LogP contribution in [0.1, 0.15) is 0 Å². The molecule has 6 heteroatoms. The Hall–Kier alpha value is -1.14. The fourth-order valence-corrected chi connectivity index (χ4v) is 0.699. The lowest BCUT2D eigenvalue weighted by atomic mass is 10.5. The summed E-state index contributed by atoms with van der Waals surface area (Å²) in [5.41, 5.74) is 5.17. The van der Waals surface area contributed by atoms with Crippen molar-refractivity contribution in [1.29, 1.82) is 0 Å². The number of rotatable bonds is 6. The number of hydrogen-bond acceptors (Lipinski definition) is 5. The Labute approximate surface area is 82.9 Å². The number of ether oxygens (including phenoxy) is 2. The molecule has 82 valence electrons. The maximum atomic E-state index is 11.2. The van der Waals surface area contributed by atoms with E-state index in [1.165, 1.54) is 19.1 Å². The van der Waals surface area contributed by atoms with Gasteiger partial charge in [-0.25, -0.2) is 0 Å². The molecule has 6 nitrogen and oxygen atoms in total. The molecule has 1 amide bonds. The van der Waals surface area contributed by atoms with Crippen molar-refractivity contribution in [3.05, 3.63) is 0 Å². The highest BCUT2D eigenvalue weighted by molar-refractivity contribution is 5.82. The van der Waals surface area contributed by atoms with E-state index >= 15 is 0 Å². The van der Waals surface area contributed by atoms with Gasteiger partial charge < -0.3 is 20.1 Å². The predicted octanol–water partition coefficient (Wildman–Crippen LogP) is -1.41. The van der Waals surface area contributed by atoms with Gasteiger partial charge in [0.05, 0.1) is 13.7 Å². The third-order valence-electron chi connectivity index (χ3n) is 1.51. The Bertz CT molecular complexity index is 196. The fraction of sp³-hybridized carbons (Fsp3) is 0.750. The Morgan fingerprint density at radius 2 is 2.07 bits per heavy atom. The summed E-state index contributed by atoms with van der Waals surface area (Å²) in [5.74, 6) is -0.733. The second-order valence-corrected chi connectivity index (χ2v) is 2.67. The molecule has 0 aromatic rings. The standard InChI is InChI=1S/C8H16N2O4/c1-10(5-8(12)13-2)7(11)6-14-4-3-9/h3-6,9H2,1-2H3. The van der Waals surface area contributed by atoms with Gasteiger partial charge in [-0.15, -0.1) is 0 Å². The lowest BCUT2D eigenvalue weighted by Gasteiger charge is -2.15. The first-order valence-corrected chi connectivity index (χ1v) is 4.20. The minimum Gasteiger partial charge on any atom is -0.468 e. The van der Waals surface area contributed by atoms with Crippen LogP contribution in [0.4, 0.5) is 0 Å². The number of nitrogens with two attached hydrogens (primary N) is 1. The first-order chi connectivity index (χ1) is 6.61. The van der Waals surface area contributed by atoms with E-state index in [2.05, 4.69) is 4.74 Å². The van der Waals surface area contributed by atoms with Crippen molar-refractivity contribution in [3.63, 3.8) is 0 Å². The van der Waals surface area contributed by atoms with Gasteiger partial charge in [0.1, 0.15) is 13.2 Å². The Kier molecular flexibility index (Phi) is 6.69. The average Bonchev–Trinajstić information content (AvgIpc) is 2.17. The Morgan fingerprint density at radius 3 is 2.57 bits per heavy atom. The van der Waals surface area contributed by atoms with Gasteiger partial charge in [0.2, 0.25) is 5.91 Å². The molecule has 0 atom stereocenters. The fourth-order valence-electron chi connectivity index (χ4n) is 0.699. The number of esters is 1. The van der Waals surface area contributed by atoms with Gasteiger partial charge in [0.15, 0.2) is 0 Å². The van der Waals surface area contributed by atoms with Crippen molar-refractivity contribution in [2.24, 2.45) is 5.73 Å². The van der Waals surface area contributed by atoms with Crippen LogP contribution in [0.5, 0.6) is 0 Å². The maximum absolute atomic E-state index is 11.2. The molecule has 0 saturated carbocycles. The largest absolute Gasteiger partial charge is 0.468 e. The summed E-state index contributed by atoms with van der Waals surface area (Å²) in [7, 11) is 2.77. The molecule has 0 aliphatic carbocycles.